The molecule has 1 aromatic carbocycles. The first-order chi connectivity index (χ1) is 9.12. The Morgan fingerprint density at radius 1 is 1.32 bits per heavy atom. The fourth-order valence-electron chi connectivity index (χ4n) is 3.41. The minimum Gasteiger partial charge on any atom is -0.381 e. The molecule has 0 spiro atoms. The zero-order valence-corrected chi connectivity index (χ0v) is 11.7. The number of hydrogen-bond acceptors (Lipinski definition) is 3. The van der Waals surface area contributed by atoms with Crippen molar-refractivity contribution in [3.63, 3.8) is 0 Å². The number of fused-ring (bicyclic) bond motifs is 2. The van der Waals surface area contributed by atoms with Crippen molar-refractivity contribution in [2.45, 2.75) is 44.6 Å². The molecule has 0 radical (unpaired) electrons. The molecule has 3 rings (SSSR count). The van der Waals surface area contributed by atoms with E-state index < -0.39 is 5.60 Å². The van der Waals surface area contributed by atoms with E-state index >= 15 is 0 Å². The number of rotatable bonds is 3. The molecule has 1 unspecified atom stereocenters. The van der Waals surface area contributed by atoms with Crippen molar-refractivity contribution >= 4 is 0 Å². The standard InChI is InChI=1S/C16H23NO2/c1-12(2)16(18,13-7-4-3-5-8-13)15-17-10-6-9-14(11-17)19-15/h3-5,7-8,12,14-15,18H,6,9-11H2,1-2H3/t14-,15-,16+/m1/s1. The van der Waals surface area contributed by atoms with Crippen LogP contribution in [-0.4, -0.2) is 35.4 Å². The molecule has 0 aromatic heterocycles. The van der Waals surface area contributed by atoms with E-state index in [-0.39, 0.29) is 12.1 Å². The van der Waals surface area contributed by atoms with Crippen molar-refractivity contribution in [2.75, 3.05) is 13.1 Å². The number of hydrogen-bond donors (Lipinski definition) is 1. The van der Waals surface area contributed by atoms with Gasteiger partial charge in [-0.1, -0.05) is 44.2 Å². The summed E-state index contributed by atoms with van der Waals surface area (Å²) >= 11 is 0. The summed E-state index contributed by atoms with van der Waals surface area (Å²) < 4.78 is 6.14. The largest absolute Gasteiger partial charge is 0.381 e. The van der Waals surface area contributed by atoms with Gasteiger partial charge in [0.25, 0.3) is 0 Å². The fraction of sp³-hybridized carbons (Fsp3) is 0.625. The van der Waals surface area contributed by atoms with Gasteiger partial charge in [-0.3, -0.25) is 4.90 Å². The van der Waals surface area contributed by atoms with Crippen LogP contribution in [-0.2, 0) is 10.3 Å². The van der Waals surface area contributed by atoms with Crippen molar-refractivity contribution in [1.82, 2.24) is 4.90 Å². The first kappa shape index (κ1) is 13.1. The van der Waals surface area contributed by atoms with Crippen LogP contribution >= 0.6 is 0 Å². The topological polar surface area (TPSA) is 32.7 Å². The Morgan fingerprint density at radius 3 is 2.68 bits per heavy atom. The van der Waals surface area contributed by atoms with Crippen LogP contribution < -0.4 is 0 Å². The minimum absolute atomic E-state index is 0.110. The van der Waals surface area contributed by atoms with Gasteiger partial charge in [-0.2, -0.15) is 0 Å². The molecule has 2 aliphatic rings. The molecule has 3 heteroatoms. The monoisotopic (exact) mass is 261 g/mol. The molecule has 2 heterocycles. The SMILES string of the molecule is CC(C)[C@](O)(c1ccccc1)[C@H]1O[C@@H]2CCCN1C2. The normalized spacial score (nSPS) is 33.4. The van der Waals surface area contributed by atoms with Crippen molar-refractivity contribution in [1.29, 1.82) is 0 Å². The van der Waals surface area contributed by atoms with E-state index in [0.717, 1.165) is 25.1 Å². The summed E-state index contributed by atoms with van der Waals surface area (Å²) in [6.45, 7) is 6.13. The highest BCUT2D eigenvalue weighted by Crippen LogP contribution is 2.41. The van der Waals surface area contributed by atoms with E-state index in [4.69, 9.17) is 4.74 Å². The molecule has 1 N–H and O–H groups in total. The van der Waals surface area contributed by atoms with Crippen molar-refractivity contribution in [2.24, 2.45) is 5.92 Å². The van der Waals surface area contributed by atoms with Crippen molar-refractivity contribution in [3.05, 3.63) is 35.9 Å². The van der Waals surface area contributed by atoms with Gasteiger partial charge in [0.1, 0.15) is 11.8 Å². The smallest absolute Gasteiger partial charge is 0.144 e. The minimum atomic E-state index is -0.930. The zero-order chi connectivity index (χ0) is 13.5. The second kappa shape index (κ2) is 4.89. The predicted molar refractivity (Wildman–Crippen MR) is 74.6 cm³/mol. The van der Waals surface area contributed by atoms with E-state index in [1.165, 1.54) is 6.42 Å². The highest BCUT2D eigenvalue weighted by atomic mass is 16.5. The van der Waals surface area contributed by atoms with Crippen LogP contribution in [0.15, 0.2) is 30.3 Å². The first-order valence-corrected chi connectivity index (χ1v) is 7.29. The third-order valence-corrected chi connectivity index (χ3v) is 4.56. The fourth-order valence-corrected chi connectivity index (χ4v) is 3.41. The molecule has 0 amide bonds. The summed E-state index contributed by atoms with van der Waals surface area (Å²) in [5, 5.41) is 11.3. The van der Waals surface area contributed by atoms with Gasteiger partial charge in [0.2, 0.25) is 0 Å². The van der Waals surface area contributed by atoms with Crippen LogP contribution in [0.1, 0.15) is 32.3 Å². The van der Waals surface area contributed by atoms with Gasteiger partial charge in [-0.15, -0.1) is 0 Å². The zero-order valence-electron chi connectivity index (χ0n) is 11.7. The highest BCUT2D eigenvalue weighted by molar-refractivity contribution is 5.25. The van der Waals surface area contributed by atoms with E-state index in [2.05, 4.69) is 18.7 Å². The number of nitrogens with zero attached hydrogens (tertiary/aromatic N) is 1. The van der Waals surface area contributed by atoms with Crippen LogP contribution in [0.3, 0.4) is 0 Å². The van der Waals surface area contributed by atoms with Gasteiger partial charge in [-0.25, -0.2) is 0 Å². The van der Waals surface area contributed by atoms with Gasteiger partial charge in [-0.05, 0) is 24.3 Å². The molecule has 104 valence electrons. The Bertz CT molecular complexity index is 434. The van der Waals surface area contributed by atoms with Gasteiger partial charge in [0.15, 0.2) is 0 Å². The maximum atomic E-state index is 11.3. The third kappa shape index (κ3) is 2.10. The molecule has 3 nitrogen and oxygen atoms in total. The van der Waals surface area contributed by atoms with Crippen molar-refractivity contribution in [3.8, 4) is 0 Å². The lowest BCUT2D eigenvalue weighted by Crippen LogP contribution is -2.51. The van der Waals surface area contributed by atoms with E-state index in [9.17, 15) is 5.11 Å². The summed E-state index contributed by atoms with van der Waals surface area (Å²) in [4.78, 5) is 2.31. The molecular formula is C16H23NO2. The second-order valence-electron chi connectivity index (χ2n) is 6.09. The highest BCUT2D eigenvalue weighted by Gasteiger charge is 2.50. The summed E-state index contributed by atoms with van der Waals surface area (Å²) in [5.41, 5.74) is 0.0305. The lowest BCUT2D eigenvalue weighted by atomic mass is 9.81. The quantitative estimate of drug-likeness (QED) is 0.906. The van der Waals surface area contributed by atoms with Crippen LogP contribution in [0.4, 0.5) is 0 Å². The average Bonchev–Trinajstić information content (AvgIpc) is 2.73. The molecule has 0 saturated carbocycles. The molecule has 1 aromatic rings. The Morgan fingerprint density at radius 2 is 2.05 bits per heavy atom. The average molecular weight is 261 g/mol. The molecule has 2 saturated heterocycles. The molecule has 4 atom stereocenters. The van der Waals surface area contributed by atoms with Crippen LogP contribution in [0.5, 0.6) is 0 Å². The summed E-state index contributed by atoms with van der Waals surface area (Å²) in [7, 11) is 0. The third-order valence-electron chi connectivity index (χ3n) is 4.56. The van der Waals surface area contributed by atoms with E-state index in [1.807, 2.05) is 30.3 Å². The predicted octanol–water partition coefficient (Wildman–Crippen LogP) is 2.35. The Kier molecular flexibility index (Phi) is 3.37. The Hall–Kier alpha value is -0.900. The van der Waals surface area contributed by atoms with Gasteiger partial charge < -0.3 is 9.84 Å². The second-order valence-corrected chi connectivity index (χ2v) is 6.09. The first-order valence-electron chi connectivity index (χ1n) is 7.29. The lowest BCUT2D eigenvalue weighted by Gasteiger charge is -2.41. The molecule has 2 bridgehead atoms. The van der Waals surface area contributed by atoms with E-state index in [1.54, 1.807) is 0 Å². The van der Waals surface area contributed by atoms with Crippen LogP contribution in [0.25, 0.3) is 0 Å². The summed E-state index contributed by atoms with van der Waals surface area (Å²) in [5.74, 6) is 0.110. The molecular weight excluding hydrogens is 238 g/mol. The molecule has 0 aliphatic carbocycles. The number of benzene rings is 1. The van der Waals surface area contributed by atoms with Crippen molar-refractivity contribution < 1.29 is 9.84 Å². The van der Waals surface area contributed by atoms with Gasteiger partial charge in [0.05, 0.1) is 6.10 Å². The Balaban J connectivity index is 1.97. The lowest BCUT2D eigenvalue weighted by molar-refractivity contribution is -0.168. The maximum absolute atomic E-state index is 11.3. The van der Waals surface area contributed by atoms with Gasteiger partial charge in [0, 0.05) is 13.1 Å². The van der Waals surface area contributed by atoms with Gasteiger partial charge >= 0.3 is 0 Å². The maximum Gasteiger partial charge on any atom is 0.144 e. The molecule has 2 aliphatic heterocycles. The molecule has 19 heavy (non-hydrogen) atoms. The van der Waals surface area contributed by atoms with E-state index in [0.29, 0.717) is 6.10 Å². The molecule has 2 fully saturated rings. The van der Waals surface area contributed by atoms with Crippen LogP contribution in [0, 0.1) is 5.92 Å². The number of piperidine rings is 1. The van der Waals surface area contributed by atoms with Crippen LogP contribution in [0.2, 0.25) is 0 Å². The Labute approximate surface area is 115 Å². The summed E-state index contributed by atoms with van der Waals surface area (Å²) in [6.07, 6.45) is 2.38. The number of ether oxygens (including phenoxy) is 1. The summed E-state index contributed by atoms with van der Waals surface area (Å²) in [6, 6.07) is 9.97. The number of aliphatic hydroxyl groups is 1.